The second kappa shape index (κ2) is 8.58. The van der Waals surface area contributed by atoms with Crippen molar-refractivity contribution in [1.29, 1.82) is 0 Å². The summed E-state index contributed by atoms with van der Waals surface area (Å²) in [7, 11) is 0. The molecule has 2 aromatic rings. The van der Waals surface area contributed by atoms with Gasteiger partial charge in [0.2, 0.25) is 0 Å². The number of aromatic nitrogens is 2. The van der Waals surface area contributed by atoms with Gasteiger partial charge in [-0.1, -0.05) is 13.3 Å². The summed E-state index contributed by atoms with van der Waals surface area (Å²) < 4.78 is 7.60. The van der Waals surface area contributed by atoms with Crippen LogP contribution in [-0.4, -0.2) is 39.9 Å². The van der Waals surface area contributed by atoms with Crippen molar-refractivity contribution in [3.8, 4) is 0 Å². The quantitative estimate of drug-likeness (QED) is 0.782. The second-order valence-electron chi connectivity index (χ2n) is 6.36. The molecule has 0 spiro atoms. The van der Waals surface area contributed by atoms with Gasteiger partial charge in [-0.05, 0) is 37.4 Å². The maximum absolute atomic E-state index is 12.2. The van der Waals surface area contributed by atoms with E-state index in [9.17, 15) is 4.79 Å². The number of rotatable bonds is 8. The van der Waals surface area contributed by atoms with Crippen LogP contribution in [0.3, 0.4) is 0 Å². The number of carbonyl (C=O) groups is 1. The van der Waals surface area contributed by atoms with Gasteiger partial charge in [-0.2, -0.15) is 16.9 Å². The molecule has 1 amide bonds. The van der Waals surface area contributed by atoms with E-state index >= 15 is 0 Å². The lowest BCUT2D eigenvalue weighted by Crippen LogP contribution is -2.34. The van der Waals surface area contributed by atoms with E-state index in [2.05, 4.69) is 33.0 Å². The summed E-state index contributed by atoms with van der Waals surface area (Å²) >= 11 is 1.67. The number of furan rings is 1. The second-order valence-corrected chi connectivity index (χ2v) is 7.23. The van der Waals surface area contributed by atoms with Crippen molar-refractivity contribution in [1.82, 2.24) is 20.0 Å². The number of hydrogen-bond donors (Lipinski definition) is 1. The molecule has 6 nitrogen and oxygen atoms in total. The Labute approximate surface area is 152 Å². The molecule has 0 unspecified atom stereocenters. The van der Waals surface area contributed by atoms with Gasteiger partial charge in [-0.15, -0.1) is 0 Å². The third-order valence-electron chi connectivity index (χ3n) is 4.36. The van der Waals surface area contributed by atoms with Crippen molar-refractivity contribution < 1.29 is 9.21 Å². The van der Waals surface area contributed by atoms with E-state index in [1.807, 2.05) is 12.3 Å². The van der Waals surface area contributed by atoms with Crippen LogP contribution in [0.2, 0.25) is 0 Å². The lowest BCUT2D eigenvalue weighted by atomic mass is 10.2. The first-order valence-corrected chi connectivity index (χ1v) is 10.2. The Balaban J connectivity index is 1.54. The van der Waals surface area contributed by atoms with Crippen LogP contribution in [0.25, 0.3) is 0 Å². The Bertz CT molecular complexity index is 710. The van der Waals surface area contributed by atoms with Gasteiger partial charge in [-0.3, -0.25) is 14.4 Å². The predicted molar refractivity (Wildman–Crippen MR) is 99.5 cm³/mol. The summed E-state index contributed by atoms with van der Waals surface area (Å²) in [6.45, 7) is 6.69. The number of carbonyl (C=O) groups excluding carboxylic acids is 1. The van der Waals surface area contributed by atoms with Crippen molar-refractivity contribution in [2.24, 2.45) is 0 Å². The van der Waals surface area contributed by atoms with Gasteiger partial charge in [0.1, 0.15) is 5.76 Å². The van der Waals surface area contributed by atoms with E-state index in [0.717, 1.165) is 43.4 Å². The van der Waals surface area contributed by atoms with E-state index in [1.54, 1.807) is 17.8 Å². The van der Waals surface area contributed by atoms with Gasteiger partial charge in [0, 0.05) is 13.1 Å². The largest absolute Gasteiger partial charge is 0.455 e. The zero-order valence-corrected chi connectivity index (χ0v) is 15.8. The number of amides is 1. The maximum Gasteiger partial charge on any atom is 0.287 e. The number of unbranched alkanes of at least 4 members (excludes halogenated alkanes) is 1. The Hall–Kier alpha value is -1.73. The third kappa shape index (κ3) is 4.67. The monoisotopic (exact) mass is 362 g/mol. The van der Waals surface area contributed by atoms with Crippen LogP contribution in [0.15, 0.2) is 22.6 Å². The molecule has 1 aliphatic rings. The topological polar surface area (TPSA) is 63.3 Å². The normalized spacial score (nSPS) is 14.5. The van der Waals surface area contributed by atoms with Gasteiger partial charge < -0.3 is 9.73 Å². The van der Waals surface area contributed by atoms with E-state index in [0.29, 0.717) is 12.3 Å². The van der Waals surface area contributed by atoms with Crippen LogP contribution in [0.4, 0.5) is 0 Å². The Morgan fingerprint density at radius 2 is 2.28 bits per heavy atom. The third-order valence-corrected chi connectivity index (χ3v) is 4.93. The van der Waals surface area contributed by atoms with Crippen molar-refractivity contribution in [2.45, 2.75) is 45.2 Å². The number of nitrogens with one attached hydrogen (secondary N) is 1. The first kappa shape index (κ1) is 18.1. The Morgan fingerprint density at radius 3 is 3.08 bits per heavy atom. The Kier molecular flexibility index (Phi) is 6.20. The average molecular weight is 362 g/mol. The standard InChI is InChI=1S/C18H26N4O2S/c1-3-4-7-21-8-9-22-15(12-21)10-14(20-22)11-19-18(23)17-6-5-16(24-17)13-25-2/h5-6,10H,3-4,7-9,11-13H2,1-2H3,(H,19,23). The van der Waals surface area contributed by atoms with E-state index in [1.165, 1.54) is 18.5 Å². The van der Waals surface area contributed by atoms with Crippen molar-refractivity contribution in [3.05, 3.63) is 41.1 Å². The molecule has 3 rings (SSSR count). The van der Waals surface area contributed by atoms with E-state index < -0.39 is 0 Å². The molecule has 3 heterocycles. The SMILES string of the molecule is CCCCN1CCn2nc(CNC(=O)c3ccc(CSC)o3)cc2C1. The molecule has 0 aromatic carbocycles. The van der Waals surface area contributed by atoms with Gasteiger partial charge >= 0.3 is 0 Å². The Morgan fingerprint density at radius 1 is 1.40 bits per heavy atom. The van der Waals surface area contributed by atoms with Gasteiger partial charge in [0.15, 0.2) is 5.76 Å². The highest BCUT2D eigenvalue weighted by Gasteiger charge is 2.18. The molecular formula is C18H26N4O2S. The highest BCUT2D eigenvalue weighted by atomic mass is 32.2. The summed E-state index contributed by atoms with van der Waals surface area (Å²) in [4.78, 5) is 14.7. The molecule has 25 heavy (non-hydrogen) atoms. The van der Waals surface area contributed by atoms with Crippen LogP contribution in [-0.2, 0) is 25.4 Å². The molecule has 136 valence electrons. The fourth-order valence-corrected chi connectivity index (χ4v) is 3.46. The van der Waals surface area contributed by atoms with Crippen molar-refractivity contribution in [2.75, 3.05) is 19.3 Å². The highest BCUT2D eigenvalue weighted by Crippen LogP contribution is 2.15. The van der Waals surface area contributed by atoms with Crippen LogP contribution in [0.1, 0.15) is 47.5 Å². The first-order valence-electron chi connectivity index (χ1n) is 8.83. The summed E-state index contributed by atoms with van der Waals surface area (Å²) in [5.41, 5.74) is 2.13. The minimum atomic E-state index is -0.192. The number of fused-ring (bicyclic) bond motifs is 1. The molecule has 0 aliphatic carbocycles. The number of hydrogen-bond acceptors (Lipinski definition) is 5. The summed E-state index contributed by atoms with van der Waals surface area (Å²) in [5.74, 6) is 1.76. The summed E-state index contributed by atoms with van der Waals surface area (Å²) in [5, 5.41) is 7.50. The molecule has 2 aromatic heterocycles. The molecule has 0 bridgehead atoms. The summed E-state index contributed by atoms with van der Waals surface area (Å²) in [6, 6.07) is 5.68. The lowest BCUT2D eigenvalue weighted by Gasteiger charge is -2.27. The molecular weight excluding hydrogens is 336 g/mol. The zero-order valence-electron chi connectivity index (χ0n) is 15.0. The molecule has 0 saturated carbocycles. The van der Waals surface area contributed by atoms with Crippen LogP contribution >= 0.6 is 11.8 Å². The fourth-order valence-electron chi connectivity index (χ4n) is 3.02. The fraction of sp³-hybridized carbons (Fsp3) is 0.556. The van der Waals surface area contributed by atoms with Gasteiger partial charge in [-0.25, -0.2) is 0 Å². The average Bonchev–Trinajstić information content (AvgIpc) is 3.24. The smallest absolute Gasteiger partial charge is 0.287 e. The van der Waals surface area contributed by atoms with Gasteiger partial charge in [0.05, 0.1) is 30.2 Å². The minimum absolute atomic E-state index is 0.192. The van der Waals surface area contributed by atoms with E-state index in [4.69, 9.17) is 4.42 Å². The highest BCUT2D eigenvalue weighted by molar-refractivity contribution is 7.97. The number of nitrogens with zero attached hydrogens (tertiary/aromatic N) is 3. The first-order chi connectivity index (χ1) is 12.2. The zero-order chi connectivity index (χ0) is 17.6. The molecule has 0 fully saturated rings. The van der Waals surface area contributed by atoms with Crippen LogP contribution in [0, 0.1) is 0 Å². The molecule has 1 aliphatic heterocycles. The van der Waals surface area contributed by atoms with Gasteiger partial charge in [0.25, 0.3) is 5.91 Å². The molecule has 0 saturated heterocycles. The minimum Gasteiger partial charge on any atom is -0.455 e. The number of thioether (sulfide) groups is 1. The molecule has 7 heteroatoms. The van der Waals surface area contributed by atoms with Crippen LogP contribution < -0.4 is 5.32 Å². The molecule has 0 radical (unpaired) electrons. The molecule has 1 N–H and O–H groups in total. The molecule has 0 atom stereocenters. The van der Waals surface area contributed by atoms with E-state index in [-0.39, 0.29) is 5.91 Å². The van der Waals surface area contributed by atoms with Crippen molar-refractivity contribution >= 4 is 17.7 Å². The predicted octanol–water partition coefficient (Wildman–Crippen LogP) is 2.88. The lowest BCUT2D eigenvalue weighted by molar-refractivity contribution is 0.0921. The maximum atomic E-state index is 12.2. The van der Waals surface area contributed by atoms with Crippen molar-refractivity contribution in [3.63, 3.8) is 0 Å². The summed E-state index contributed by atoms with van der Waals surface area (Å²) in [6.07, 6.45) is 4.46. The van der Waals surface area contributed by atoms with Crippen LogP contribution in [0.5, 0.6) is 0 Å².